The number of guanidine groups is 1. The molecule has 1 aromatic rings. The molecule has 1 atom stereocenters. The van der Waals surface area contributed by atoms with Crippen LogP contribution in [0, 0.1) is 0 Å². The van der Waals surface area contributed by atoms with Crippen LogP contribution in [0.1, 0.15) is 31.2 Å². The summed E-state index contributed by atoms with van der Waals surface area (Å²) in [5.41, 5.74) is 2.37. The fraction of sp³-hybridized carbons (Fsp3) is 0.579. The summed E-state index contributed by atoms with van der Waals surface area (Å²) in [6.45, 7) is 2.54. The van der Waals surface area contributed by atoms with Crippen LogP contribution in [0.25, 0.3) is 0 Å². The Hall–Kier alpha value is -1.69. The van der Waals surface area contributed by atoms with E-state index in [0.29, 0.717) is 11.7 Å². The molecule has 6 heteroatoms. The predicted octanol–water partition coefficient (Wildman–Crippen LogP) is 2.42. The van der Waals surface area contributed by atoms with Crippen LogP contribution in [-0.4, -0.2) is 49.6 Å². The number of nitrogens with one attached hydrogen (secondary N) is 2. The minimum absolute atomic E-state index is 0.219. The van der Waals surface area contributed by atoms with E-state index >= 15 is 0 Å². The Kier molecular flexibility index (Phi) is 6.62. The molecule has 25 heavy (non-hydrogen) atoms. The molecular formula is C19H28N4OS. The summed E-state index contributed by atoms with van der Waals surface area (Å²) in [6, 6.07) is 8.21. The summed E-state index contributed by atoms with van der Waals surface area (Å²) >= 11 is 2.04. The molecule has 2 aliphatic heterocycles. The molecule has 1 fully saturated rings. The van der Waals surface area contributed by atoms with Gasteiger partial charge in [0.25, 0.3) is 0 Å². The van der Waals surface area contributed by atoms with E-state index in [0.717, 1.165) is 44.1 Å². The second-order valence-corrected chi connectivity index (χ2v) is 7.95. The van der Waals surface area contributed by atoms with Crippen molar-refractivity contribution in [3.05, 3.63) is 29.8 Å². The number of benzene rings is 1. The number of fused-ring (bicyclic) bond motifs is 1. The van der Waals surface area contributed by atoms with Crippen molar-refractivity contribution in [1.29, 1.82) is 0 Å². The van der Waals surface area contributed by atoms with Crippen molar-refractivity contribution in [1.82, 2.24) is 10.6 Å². The molecule has 0 aromatic heterocycles. The minimum Gasteiger partial charge on any atom is -0.356 e. The molecule has 1 saturated heterocycles. The number of anilines is 1. The molecule has 0 spiro atoms. The first-order valence-electron chi connectivity index (χ1n) is 9.22. The molecule has 2 N–H and O–H groups in total. The molecule has 5 nitrogen and oxygen atoms in total. The molecule has 136 valence electrons. The third-order valence-electron chi connectivity index (χ3n) is 4.79. The van der Waals surface area contributed by atoms with E-state index in [-0.39, 0.29) is 5.91 Å². The summed E-state index contributed by atoms with van der Waals surface area (Å²) in [6.07, 6.45) is 4.97. The van der Waals surface area contributed by atoms with Crippen molar-refractivity contribution in [2.75, 3.05) is 37.3 Å². The highest BCUT2D eigenvalue weighted by atomic mass is 32.2. The maximum absolute atomic E-state index is 12.5. The van der Waals surface area contributed by atoms with Crippen LogP contribution in [0.5, 0.6) is 0 Å². The first-order chi connectivity index (χ1) is 12.3. The maximum Gasteiger partial charge on any atom is 0.227 e. The Morgan fingerprint density at radius 1 is 1.36 bits per heavy atom. The van der Waals surface area contributed by atoms with E-state index in [1.165, 1.54) is 24.2 Å². The standard InChI is InChI=1S/C19H28N4OS/c1-20-19(22-14-16-7-5-13-25-16)21-11-4-9-18(24)23-12-10-15-6-2-3-8-17(15)23/h2-3,6,8,16H,4-5,7,9-14H2,1H3,(H2,20,21,22). The topological polar surface area (TPSA) is 56.7 Å². The Morgan fingerprint density at radius 3 is 3.04 bits per heavy atom. The molecule has 1 amide bonds. The zero-order valence-electron chi connectivity index (χ0n) is 15.0. The van der Waals surface area contributed by atoms with Crippen LogP contribution < -0.4 is 15.5 Å². The third kappa shape index (κ3) is 4.91. The highest BCUT2D eigenvalue weighted by Gasteiger charge is 2.23. The van der Waals surface area contributed by atoms with Crippen molar-refractivity contribution >= 4 is 29.3 Å². The molecule has 0 saturated carbocycles. The molecule has 2 heterocycles. The number of carbonyl (C=O) groups excluding carboxylic acids is 1. The Balaban J connectivity index is 1.35. The molecule has 0 aliphatic carbocycles. The van der Waals surface area contributed by atoms with Gasteiger partial charge in [-0.2, -0.15) is 11.8 Å². The highest BCUT2D eigenvalue weighted by Crippen LogP contribution is 2.28. The fourth-order valence-corrected chi connectivity index (χ4v) is 4.62. The molecule has 1 aromatic carbocycles. The van der Waals surface area contributed by atoms with Gasteiger partial charge in [0, 0.05) is 44.0 Å². The quantitative estimate of drug-likeness (QED) is 0.465. The lowest BCUT2D eigenvalue weighted by atomic mass is 10.2. The second kappa shape index (κ2) is 9.13. The van der Waals surface area contributed by atoms with Gasteiger partial charge in [0.1, 0.15) is 0 Å². The third-order valence-corrected chi connectivity index (χ3v) is 6.19. The number of carbonyl (C=O) groups is 1. The normalized spacial score (nSPS) is 19.8. The summed E-state index contributed by atoms with van der Waals surface area (Å²) in [4.78, 5) is 18.7. The van der Waals surface area contributed by atoms with Crippen LogP contribution >= 0.6 is 11.8 Å². The van der Waals surface area contributed by atoms with Crippen molar-refractivity contribution in [3.8, 4) is 0 Å². The first kappa shape index (κ1) is 18.1. The SMILES string of the molecule is CN=C(NCCCC(=O)N1CCc2ccccc21)NCC1CCCS1. The zero-order chi connectivity index (χ0) is 17.5. The van der Waals surface area contributed by atoms with Crippen molar-refractivity contribution < 1.29 is 4.79 Å². The lowest BCUT2D eigenvalue weighted by Crippen LogP contribution is -2.40. The summed E-state index contributed by atoms with van der Waals surface area (Å²) in [5.74, 6) is 2.34. The number of thioether (sulfide) groups is 1. The summed E-state index contributed by atoms with van der Waals surface area (Å²) in [5, 5.41) is 7.41. The molecule has 2 aliphatic rings. The smallest absolute Gasteiger partial charge is 0.227 e. The number of nitrogens with zero attached hydrogens (tertiary/aromatic N) is 2. The second-order valence-electron chi connectivity index (χ2n) is 6.54. The summed E-state index contributed by atoms with van der Waals surface area (Å²) < 4.78 is 0. The largest absolute Gasteiger partial charge is 0.356 e. The Labute approximate surface area is 154 Å². The van der Waals surface area contributed by atoms with E-state index < -0.39 is 0 Å². The predicted molar refractivity (Wildman–Crippen MR) is 107 cm³/mol. The maximum atomic E-state index is 12.5. The Bertz CT molecular complexity index is 613. The van der Waals surface area contributed by atoms with E-state index in [9.17, 15) is 4.79 Å². The average molecular weight is 361 g/mol. The van der Waals surface area contributed by atoms with Gasteiger partial charge < -0.3 is 15.5 Å². The molecular weight excluding hydrogens is 332 g/mol. The van der Waals surface area contributed by atoms with Gasteiger partial charge in [-0.25, -0.2) is 0 Å². The van der Waals surface area contributed by atoms with Gasteiger partial charge in [-0.15, -0.1) is 0 Å². The minimum atomic E-state index is 0.219. The van der Waals surface area contributed by atoms with Gasteiger partial charge in [-0.3, -0.25) is 9.79 Å². The number of para-hydroxylation sites is 1. The van der Waals surface area contributed by atoms with E-state index in [1.807, 2.05) is 34.9 Å². The van der Waals surface area contributed by atoms with Crippen LogP contribution in [0.2, 0.25) is 0 Å². The van der Waals surface area contributed by atoms with Gasteiger partial charge in [0.2, 0.25) is 5.91 Å². The number of hydrogen-bond acceptors (Lipinski definition) is 3. The zero-order valence-corrected chi connectivity index (χ0v) is 15.8. The molecule has 0 radical (unpaired) electrons. The van der Waals surface area contributed by atoms with E-state index in [4.69, 9.17) is 0 Å². The monoisotopic (exact) mass is 360 g/mol. The van der Waals surface area contributed by atoms with Gasteiger partial charge in [0.15, 0.2) is 5.96 Å². The van der Waals surface area contributed by atoms with Crippen molar-refractivity contribution in [2.24, 2.45) is 4.99 Å². The number of aliphatic imine (C=N–C) groups is 1. The Morgan fingerprint density at radius 2 is 2.24 bits per heavy atom. The van der Waals surface area contributed by atoms with E-state index in [2.05, 4.69) is 21.7 Å². The van der Waals surface area contributed by atoms with Crippen molar-refractivity contribution in [3.63, 3.8) is 0 Å². The van der Waals surface area contributed by atoms with Gasteiger partial charge in [0.05, 0.1) is 0 Å². The lowest BCUT2D eigenvalue weighted by Gasteiger charge is -2.18. The summed E-state index contributed by atoms with van der Waals surface area (Å²) in [7, 11) is 1.80. The van der Waals surface area contributed by atoms with Gasteiger partial charge >= 0.3 is 0 Å². The van der Waals surface area contributed by atoms with Crippen LogP contribution in [0.3, 0.4) is 0 Å². The van der Waals surface area contributed by atoms with Gasteiger partial charge in [-0.05, 0) is 43.1 Å². The van der Waals surface area contributed by atoms with Crippen molar-refractivity contribution in [2.45, 2.75) is 37.4 Å². The lowest BCUT2D eigenvalue weighted by molar-refractivity contribution is -0.118. The first-order valence-corrected chi connectivity index (χ1v) is 10.3. The highest BCUT2D eigenvalue weighted by molar-refractivity contribution is 8.00. The van der Waals surface area contributed by atoms with Gasteiger partial charge in [-0.1, -0.05) is 18.2 Å². The van der Waals surface area contributed by atoms with Crippen LogP contribution in [0.15, 0.2) is 29.3 Å². The number of hydrogen-bond donors (Lipinski definition) is 2. The molecule has 1 unspecified atom stereocenters. The van der Waals surface area contributed by atoms with Crippen LogP contribution in [0.4, 0.5) is 5.69 Å². The fourth-order valence-electron chi connectivity index (χ4n) is 3.42. The number of rotatable bonds is 6. The van der Waals surface area contributed by atoms with Crippen LogP contribution in [-0.2, 0) is 11.2 Å². The number of amides is 1. The molecule has 0 bridgehead atoms. The van der Waals surface area contributed by atoms with E-state index in [1.54, 1.807) is 7.05 Å². The molecule has 3 rings (SSSR count). The average Bonchev–Trinajstić information content (AvgIpc) is 3.30.